The number of rotatable bonds is 4. The van der Waals surface area contributed by atoms with Crippen LogP contribution in [-0.4, -0.2) is 14.2 Å². The normalized spacial score (nSPS) is 12.5. The van der Waals surface area contributed by atoms with E-state index in [1.54, 1.807) is 6.92 Å². The third-order valence-electron chi connectivity index (χ3n) is 2.03. The van der Waals surface area contributed by atoms with Gasteiger partial charge in [-0.25, -0.2) is 8.42 Å². The number of hydrogen-bond acceptors (Lipinski definition) is 2. The number of sulfonamides is 1. The van der Waals surface area contributed by atoms with E-state index in [9.17, 15) is 21.6 Å². The molecule has 18 heavy (non-hydrogen) atoms. The second-order valence-corrected chi connectivity index (χ2v) is 5.86. The van der Waals surface area contributed by atoms with Gasteiger partial charge in [0, 0.05) is 0 Å². The Bertz CT molecular complexity index is 528. The number of alkyl halides is 3. The van der Waals surface area contributed by atoms with Crippen molar-refractivity contribution in [2.45, 2.75) is 19.5 Å². The van der Waals surface area contributed by atoms with Crippen LogP contribution >= 0.6 is 11.6 Å². The predicted molar refractivity (Wildman–Crippen MR) is 64.2 cm³/mol. The van der Waals surface area contributed by atoms with Gasteiger partial charge < -0.3 is 0 Å². The molecule has 0 heterocycles. The summed E-state index contributed by atoms with van der Waals surface area (Å²) in [4.78, 5) is 0. The minimum atomic E-state index is -4.55. The molecule has 1 N–H and O–H groups in total. The Balaban J connectivity index is 3.10. The van der Waals surface area contributed by atoms with Gasteiger partial charge in [0.1, 0.15) is 0 Å². The van der Waals surface area contributed by atoms with Gasteiger partial charge in [-0.15, -0.1) is 0 Å². The Morgan fingerprint density at radius 2 is 1.94 bits per heavy atom. The molecule has 0 aliphatic carbocycles. The molecule has 0 aromatic heterocycles. The molecule has 102 valence electrons. The summed E-state index contributed by atoms with van der Waals surface area (Å²) in [7, 11) is -3.67. The van der Waals surface area contributed by atoms with Crippen LogP contribution in [0.2, 0.25) is 5.02 Å². The summed E-state index contributed by atoms with van der Waals surface area (Å²) < 4.78 is 62.3. The first-order valence-corrected chi connectivity index (χ1v) is 7.06. The minimum absolute atomic E-state index is 0.0809. The average molecular weight is 302 g/mol. The first-order valence-electron chi connectivity index (χ1n) is 5.03. The fraction of sp³-hybridized carbons (Fsp3) is 0.400. The molecule has 0 aliphatic heterocycles. The van der Waals surface area contributed by atoms with Gasteiger partial charge in [0.25, 0.3) is 0 Å². The number of hydrogen-bond donors (Lipinski definition) is 1. The van der Waals surface area contributed by atoms with Crippen LogP contribution in [0.25, 0.3) is 0 Å². The zero-order chi connectivity index (χ0) is 14.0. The SMILES string of the molecule is CCCS(=O)(=O)Nc1cc(C(F)(F)F)ccc1Cl. The fourth-order valence-electron chi connectivity index (χ4n) is 1.27. The highest BCUT2D eigenvalue weighted by Gasteiger charge is 2.31. The third-order valence-corrected chi connectivity index (χ3v) is 3.84. The van der Waals surface area contributed by atoms with Crippen LogP contribution in [0.3, 0.4) is 0 Å². The van der Waals surface area contributed by atoms with E-state index in [0.717, 1.165) is 12.1 Å². The number of benzene rings is 1. The van der Waals surface area contributed by atoms with Crippen molar-refractivity contribution in [3.63, 3.8) is 0 Å². The maximum atomic E-state index is 12.5. The molecular weight excluding hydrogens is 291 g/mol. The summed E-state index contributed by atoms with van der Waals surface area (Å²) in [6.45, 7) is 1.65. The topological polar surface area (TPSA) is 46.2 Å². The molecule has 0 saturated heterocycles. The van der Waals surface area contributed by atoms with Crippen LogP contribution < -0.4 is 4.72 Å². The van der Waals surface area contributed by atoms with Crippen LogP contribution in [0.1, 0.15) is 18.9 Å². The lowest BCUT2D eigenvalue weighted by Gasteiger charge is -2.12. The van der Waals surface area contributed by atoms with E-state index in [1.165, 1.54) is 0 Å². The summed E-state index contributed by atoms with van der Waals surface area (Å²) in [5.41, 5.74) is -1.22. The highest BCUT2D eigenvalue weighted by molar-refractivity contribution is 7.92. The summed E-state index contributed by atoms with van der Waals surface area (Å²) in [5, 5.41) is -0.0809. The molecule has 1 aromatic rings. The van der Waals surface area contributed by atoms with Crippen LogP contribution in [0.4, 0.5) is 18.9 Å². The van der Waals surface area contributed by atoms with Crippen molar-refractivity contribution in [2.75, 3.05) is 10.5 Å². The lowest BCUT2D eigenvalue weighted by molar-refractivity contribution is -0.137. The van der Waals surface area contributed by atoms with Crippen LogP contribution in [0, 0.1) is 0 Å². The molecule has 0 saturated carbocycles. The Kier molecular flexibility index (Phi) is 4.50. The molecular formula is C10H11ClF3NO2S. The number of halogens is 4. The van der Waals surface area contributed by atoms with Gasteiger partial charge in [0.15, 0.2) is 0 Å². The fourth-order valence-corrected chi connectivity index (χ4v) is 2.63. The van der Waals surface area contributed by atoms with Gasteiger partial charge in [0.05, 0.1) is 22.0 Å². The molecule has 0 radical (unpaired) electrons. The molecule has 0 spiro atoms. The summed E-state index contributed by atoms with van der Waals surface area (Å²) in [5.74, 6) is -0.181. The monoisotopic (exact) mass is 301 g/mol. The molecule has 1 rings (SSSR count). The summed E-state index contributed by atoms with van der Waals surface area (Å²) >= 11 is 5.66. The van der Waals surface area contributed by atoms with Crippen molar-refractivity contribution in [1.29, 1.82) is 0 Å². The van der Waals surface area contributed by atoms with Crippen molar-refractivity contribution in [3.05, 3.63) is 28.8 Å². The van der Waals surface area contributed by atoms with E-state index < -0.39 is 21.8 Å². The first-order chi connectivity index (χ1) is 8.15. The Morgan fingerprint density at radius 1 is 1.33 bits per heavy atom. The van der Waals surface area contributed by atoms with E-state index in [-0.39, 0.29) is 16.5 Å². The van der Waals surface area contributed by atoms with E-state index in [2.05, 4.69) is 0 Å². The molecule has 0 unspecified atom stereocenters. The van der Waals surface area contributed by atoms with Gasteiger partial charge in [0.2, 0.25) is 10.0 Å². The van der Waals surface area contributed by atoms with E-state index in [1.807, 2.05) is 4.72 Å². The van der Waals surface area contributed by atoms with Crippen molar-refractivity contribution in [2.24, 2.45) is 0 Å². The molecule has 0 atom stereocenters. The lowest BCUT2D eigenvalue weighted by atomic mass is 10.2. The largest absolute Gasteiger partial charge is 0.416 e. The van der Waals surface area contributed by atoms with Crippen LogP contribution in [-0.2, 0) is 16.2 Å². The molecule has 0 aliphatic rings. The van der Waals surface area contributed by atoms with Crippen molar-refractivity contribution < 1.29 is 21.6 Å². The van der Waals surface area contributed by atoms with Crippen molar-refractivity contribution in [1.82, 2.24) is 0 Å². The predicted octanol–water partition coefficient (Wildman–Crippen LogP) is 3.51. The van der Waals surface area contributed by atoms with Gasteiger partial charge in [-0.3, -0.25) is 4.72 Å². The Hall–Kier alpha value is -0.950. The smallest absolute Gasteiger partial charge is 0.282 e. The zero-order valence-electron chi connectivity index (χ0n) is 9.38. The second kappa shape index (κ2) is 5.36. The zero-order valence-corrected chi connectivity index (χ0v) is 11.0. The van der Waals surface area contributed by atoms with Gasteiger partial charge in [-0.2, -0.15) is 13.2 Å². The minimum Gasteiger partial charge on any atom is -0.282 e. The second-order valence-electron chi connectivity index (χ2n) is 3.61. The molecule has 1 aromatic carbocycles. The molecule has 0 amide bonds. The average Bonchev–Trinajstić information content (AvgIpc) is 2.19. The Morgan fingerprint density at radius 3 is 2.44 bits per heavy atom. The number of nitrogens with one attached hydrogen (secondary N) is 1. The maximum absolute atomic E-state index is 12.5. The van der Waals surface area contributed by atoms with Gasteiger partial charge in [-0.05, 0) is 24.6 Å². The lowest BCUT2D eigenvalue weighted by Crippen LogP contribution is -2.17. The number of anilines is 1. The van der Waals surface area contributed by atoms with E-state index in [4.69, 9.17) is 11.6 Å². The summed E-state index contributed by atoms with van der Waals surface area (Å²) in [6.07, 6.45) is -4.19. The van der Waals surface area contributed by atoms with Crippen molar-refractivity contribution >= 4 is 27.3 Å². The van der Waals surface area contributed by atoms with E-state index >= 15 is 0 Å². The van der Waals surface area contributed by atoms with Crippen molar-refractivity contribution in [3.8, 4) is 0 Å². The van der Waals surface area contributed by atoms with Gasteiger partial charge >= 0.3 is 6.18 Å². The molecule has 3 nitrogen and oxygen atoms in total. The van der Waals surface area contributed by atoms with E-state index in [0.29, 0.717) is 12.5 Å². The van der Waals surface area contributed by atoms with Crippen LogP contribution in [0.15, 0.2) is 18.2 Å². The summed E-state index contributed by atoms with van der Waals surface area (Å²) in [6, 6.07) is 2.48. The first kappa shape index (κ1) is 15.1. The highest BCUT2D eigenvalue weighted by atomic mass is 35.5. The van der Waals surface area contributed by atoms with Crippen LogP contribution in [0.5, 0.6) is 0 Å². The van der Waals surface area contributed by atoms with Gasteiger partial charge in [-0.1, -0.05) is 18.5 Å². The molecule has 0 bridgehead atoms. The maximum Gasteiger partial charge on any atom is 0.416 e. The third kappa shape index (κ3) is 4.06. The standard InChI is InChI=1S/C10H11ClF3NO2S/c1-2-5-18(16,17)15-9-6-7(10(12,13)14)3-4-8(9)11/h3-4,6,15H,2,5H2,1H3. The molecule has 8 heteroatoms. The molecule has 0 fully saturated rings. The Labute approximate surface area is 108 Å². The quantitative estimate of drug-likeness (QED) is 0.925. The highest BCUT2D eigenvalue weighted by Crippen LogP contribution is 2.34.